The molecule has 0 aliphatic heterocycles. The summed E-state index contributed by atoms with van der Waals surface area (Å²) in [7, 11) is 0. The average Bonchev–Trinajstić information content (AvgIpc) is 2.37. The van der Waals surface area contributed by atoms with Gasteiger partial charge in [0.1, 0.15) is 0 Å². The molecule has 2 nitrogen and oxygen atoms in total. The Morgan fingerprint density at radius 2 is 1.67 bits per heavy atom. The van der Waals surface area contributed by atoms with Crippen LogP contribution < -0.4 is 0 Å². The minimum absolute atomic E-state index is 0.133. The number of carbonyl (C=O) groups is 1. The van der Waals surface area contributed by atoms with Crippen LogP contribution in [0.5, 0.6) is 0 Å². The molecule has 18 heavy (non-hydrogen) atoms. The molecule has 0 N–H and O–H groups in total. The zero-order valence-electron chi connectivity index (χ0n) is 12.5. The van der Waals surface area contributed by atoms with Gasteiger partial charge in [-0.15, -0.1) is 6.58 Å². The highest BCUT2D eigenvalue weighted by molar-refractivity contribution is 5.78. The lowest BCUT2D eigenvalue weighted by Crippen LogP contribution is -2.27. The fourth-order valence-electron chi connectivity index (χ4n) is 2.03. The van der Waals surface area contributed by atoms with Crippen molar-refractivity contribution in [1.29, 1.82) is 0 Å². The third-order valence-electron chi connectivity index (χ3n) is 3.49. The van der Waals surface area contributed by atoms with Crippen molar-refractivity contribution < 1.29 is 9.53 Å². The van der Waals surface area contributed by atoms with E-state index in [0.29, 0.717) is 6.61 Å². The summed E-state index contributed by atoms with van der Waals surface area (Å²) in [5.74, 6) is -0.133. The Hall–Kier alpha value is -0.790. The highest BCUT2D eigenvalue weighted by atomic mass is 16.5. The molecule has 0 spiro atoms. The first kappa shape index (κ1) is 17.2. The van der Waals surface area contributed by atoms with Crippen LogP contribution in [-0.2, 0) is 9.53 Å². The standard InChI is InChI=1S/C16H30O2/c1-5-8-9-10-11-12-13-14-16(4,6-2)15(17)18-7-3/h6H,2,5,7-14H2,1,3-4H3. The minimum atomic E-state index is -0.501. The fourth-order valence-corrected chi connectivity index (χ4v) is 2.03. The molecule has 0 aromatic heterocycles. The van der Waals surface area contributed by atoms with Crippen molar-refractivity contribution in [3.8, 4) is 0 Å². The molecule has 0 amide bonds. The normalized spacial score (nSPS) is 13.9. The van der Waals surface area contributed by atoms with Crippen LogP contribution in [0.2, 0.25) is 0 Å². The number of hydrogen-bond acceptors (Lipinski definition) is 2. The fraction of sp³-hybridized carbons (Fsp3) is 0.812. The van der Waals surface area contributed by atoms with E-state index >= 15 is 0 Å². The van der Waals surface area contributed by atoms with Crippen LogP contribution in [0.4, 0.5) is 0 Å². The van der Waals surface area contributed by atoms with Crippen molar-refractivity contribution in [3.05, 3.63) is 12.7 Å². The molecule has 0 heterocycles. The van der Waals surface area contributed by atoms with Gasteiger partial charge in [0, 0.05) is 0 Å². The van der Waals surface area contributed by atoms with E-state index in [0.717, 1.165) is 12.8 Å². The second-order valence-electron chi connectivity index (χ2n) is 5.21. The molecule has 1 unspecified atom stereocenters. The maximum atomic E-state index is 11.8. The smallest absolute Gasteiger partial charge is 0.315 e. The number of unbranched alkanes of at least 4 members (excludes halogenated alkanes) is 6. The van der Waals surface area contributed by atoms with Gasteiger partial charge < -0.3 is 4.74 Å². The van der Waals surface area contributed by atoms with Crippen molar-refractivity contribution >= 4 is 5.97 Å². The predicted molar refractivity (Wildman–Crippen MR) is 77.5 cm³/mol. The summed E-state index contributed by atoms with van der Waals surface area (Å²) < 4.78 is 5.10. The number of hydrogen-bond donors (Lipinski definition) is 0. The van der Waals surface area contributed by atoms with Crippen LogP contribution >= 0.6 is 0 Å². The Morgan fingerprint density at radius 1 is 1.11 bits per heavy atom. The van der Waals surface area contributed by atoms with Crippen molar-refractivity contribution in [2.24, 2.45) is 5.41 Å². The first-order valence-corrected chi connectivity index (χ1v) is 7.41. The molecule has 0 saturated heterocycles. The van der Waals surface area contributed by atoms with E-state index < -0.39 is 5.41 Å². The van der Waals surface area contributed by atoms with Crippen LogP contribution in [0.3, 0.4) is 0 Å². The van der Waals surface area contributed by atoms with Gasteiger partial charge in [0.25, 0.3) is 0 Å². The van der Waals surface area contributed by atoms with Crippen LogP contribution in [0, 0.1) is 5.41 Å². The molecule has 0 aliphatic carbocycles. The molecule has 1 atom stereocenters. The van der Waals surface area contributed by atoms with Gasteiger partial charge in [-0.3, -0.25) is 4.79 Å². The van der Waals surface area contributed by atoms with Gasteiger partial charge >= 0.3 is 5.97 Å². The molecule has 2 heteroatoms. The predicted octanol–water partition coefficient (Wildman–Crippen LogP) is 4.88. The highest BCUT2D eigenvalue weighted by Gasteiger charge is 2.30. The molecule has 0 saturated carbocycles. The van der Waals surface area contributed by atoms with Gasteiger partial charge in [-0.05, 0) is 20.3 Å². The average molecular weight is 254 g/mol. The largest absolute Gasteiger partial charge is 0.465 e. The van der Waals surface area contributed by atoms with Gasteiger partial charge in [0.15, 0.2) is 0 Å². The van der Waals surface area contributed by atoms with E-state index in [9.17, 15) is 4.79 Å². The van der Waals surface area contributed by atoms with Gasteiger partial charge in [0.05, 0.1) is 12.0 Å². The summed E-state index contributed by atoms with van der Waals surface area (Å²) in [5.41, 5.74) is -0.501. The van der Waals surface area contributed by atoms with E-state index in [1.165, 1.54) is 38.5 Å². The molecular weight excluding hydrogens is 224 g/mol. The Morgan fingerprint density at radius 3 is 2.17 bits per heavy atom. The van der Waals surface area contributed by atoms with Crippen LogP contribution in [0.1, 0.15) is 72.1 Å². The number of ether oxygens (including phenoxy) is 1. The molecule has 0 aliphatic rings. The Labute approximate surface area is 113 Å². The van der Waals surface area contributed by atoms with Crippen LogP contribution in [0.25, 0.3) is 0 Å². The summed E-state index contributed by atoms with van der Waals surface area (Å²) in [6, 6.07) is 0. The van der Waals surface area contributed by atoms with Gasteiger partial charge in [0.2, 0.25) is 0 Å². The van der Waals surface area contributed by atoms with Crippen LogP contribution in [-0.4, -0.2) is 12.6 Å². The monoisotopic (exact) mass is 254 g/mol. The van der Waals surface area contributed by atoms with E-state index in [2.05, 4.69) is 13.5 Å². The third-order valence-corrected chi connectivity index (χ3v) is 3.49. The minimum Gasteiger partial charge on any atom is -0.465 e. The highest BCUT2D eigenvalue weighted by Crippen LogP contribution is 2.27. The summed E-state index contributed by atoms with van der Waals surface area (Å²) >= 11 is 0. The molecule has 0 radical (unpaired) electrons. The summed E-state index contributed by atoms with van der Waals surface area (Å²) in [6.45, 7) is 10.2. The third kappa shape index (κ3) is 6.83. The first-order chi connectivity index (χ1) is 8.60. The number of rotatable bonds is 11. The van der Waals surface area contributed by atoms with Crippen molar-refractivity contribution in [3.63, 3.8) is 0 Å². The van der Waals surface area contributed by atoms with Crippen molar-refractivity contribution in [2.45, 2.75) is 72.1 Å². The van der Waals surface area contributed by atoms with Gasteiger partial charge in [-0.25, -0.2) is 0 Å². The van der Waals surface area contributed by atoms with E-state index in [-0.39, 0.29) is 5.97 Å². The molecular formula is C16H30O2. The first-order valence-electron chi connectivity index (χ1n) is 7.41. The van der Waals surface area contributed by atoms with Gasteiger partial charge in [-0.2, -0.15) is 0 Å². The van der Waals surface area contributed by atoms with Crippen molar-refractivity contribution in [2.75, 3.05) is 6.61 Å². The molecule has 0 fully saturated rings. The summed E-state index contributed by atoms with van der Waals surface area (Å²) in [6.07, 6.45) is 11.4. The molecule has 106 valence electrons. The zero-order chi connectivity index (χ0) is 13.9. The molecule has 0 aromatic carbocycles. The zero-order valence-corrected chi connectivity index (χ0v) is 12.5. The number of esters is 1. The SMILES string of the molecule is C=CC(C)(CCCCCCCCC)C(=O)OCC. The van der Waals surface area contributed by atoms with Crippen LogP contribution in [0.15, 0.2) is 12.7 Å². The second-order valence-corrected chi connectivity index (χ2v) is 5.21. The van der Waals surface area contributed by atoms with Crippen molar-refractivity contribution in [1.82, 2.24) is 0 Å². The Balaban J connectivity index is 3.79. The lowest BCUT2D eigenvalue weighted by atomic mass is 9.84. The Kier molecular flexibility index (Phi) is 9.72. The van der Waals surface area contributed by atoms with E-state index in [1.807, 2.05) is 13.8 Å². The van der Waals surface area contributed by atoms with Gasteiger partial charge in [-0.1, -0.05) is 57.9 Å². The van der Waals surface area contributed by atoms with E-state index in [1.54, 1.807) is 6.08 Å². The quantitative estimate of drug-likeness (QED) is 0.298. The topological polar surface area (TPSA) is 26.3 Å². The lowest BCUT2D eigenvalue weighted by molar-refractivity contribution is -0.151. The lowest BCUT2D eigenvalue weighted by Gasteiger charge is -2.23. The second kappa shape index (κ2) is 10.2. The molecule has 0 aromatic rings. The molecule has 0 bridgehead atoms. The summed E-state index contributed by atoms with van der Waals surface area (Å²) in [5, 5.41) is 0. The van der Waals surface area contributed by atoms with E-state index in [4.69, 9.17) is 4.74 Å². The molecule has 0 rings (SSSR count). The summed E-state index contributed by atoms with van der Waals surface area (Å²) in [4.78, 5) is 11.8. The Bertz CT molecular complexity index is 235. The maximum absolute atomic E-state index is 11.8. The maximum Gasteiger partial charge on any atom is 0.315 e. The number of carbonyl (C=O) groups excluding carboxylic acids is 1.